The Hall–Kier alpha value is -2.83. The first-order valence-corrected chi connectivity index (χ1v) is 9.05. The van der Waals surface area contributed by atoms with Gasteiger partial charge in [0.15, 0.2) is 11.5 Å². The number of aromatic nitrogens is 1. The van der Waals surface area contributed by atoms with Gasteiger partial charge in [-0.1, -0.05) is 30.3 Å². The maximum Gasteiger partial charge on any atom is 0.222 e. The molecule has 0 aliphatic rings. The molecule has 0 aliphatic carbocycles. The number of fused-ring (bicyclic) bond motifs is 1. The summed E-state index contributed by atoms with van der Waals surface area (Å²) in [5.41, 5.74) is 7.50. The van der Waals surface area contributed by atoms with Crippen LogP contribution in [0.15, 0.2) is 42.5 Å². The highest BCUT2D eigenvalue weighted by molar-refractivity contribution is 6.11. The topological polar surface area (TPSA) is 83.7 Å². The normalized spacial score (nSPS) is 10.6. The smallest absolute Gasteiger partial charge is 0.222 e. The first kappa shape index (κ1) is 22.5. The number of benzene rings is 2. The van der Waals surface area contributed by atoms with Crippen LogP contribution in [0.1, 0.15) is 35.5 Å². The van der Waals surface area contributed by atoms with Crippen molar-refractivity contribution in [1.29, 1.82) is 0 Å². The van der Waals surface area contributed by atoms with Gasteiger partial charge in [0.1, 0.15) is 5.69 Å². The summed E-state index contributed by atoms with van der Waals surface area (Å²) in [7, 11) is 3.13. The van der Waals surface area contributed by atoms with Crippen LogP contribution in [0.5, 0.6) is 17.4 Å². The van der Waals surface area contributed by atoms with Crippen LogP contribution >= 0.6 is 12.4 Å². The zero-order valence-corrected chi connectivity index (χ0v) is 17.7. The molecule has 0 aliphatic heterocycles. The fourth-order valence-electron chi connectivity index (χ4n) is 3.10. The summed E-state index contributed by atoms with van der Waals surface area (Å²) < 4.78 is 16.8. The number of ether oxygens (including phenoxy) is 3. The maximum absolute atomic E-state index is 13.2. The number of pyridine rings is 1. The summed E-state index contributed by atoms with van der Waals surface area (Å²) in [5.74, 6) is 1.26. The molecule has 0 fully saturated rings. The van der Waals surface area contributed by atoms with Gasteiger partial charge in [-0.2, -0.15) is 0 Å². The number of hydrogen-bond donors (Lipinski definition) is 1. The van der Waals surface area contributed by atoms with Crippen molar-refractivity contribution in [2.24, 2.45) is 5.73 Å². The Balaban J connectivity index is 0.00000300. The summed E-state index contributed by atoms with van der Waals surface area (Å²) in [5, 5.41) is 1.47. The van der Waals surface area contributed by atoms with Gasteiger partial charge < -0.3 is 19.9 Å². The molecule has 0 radical (unpaired) electrons. The van der Waals surface area contributed by atoms with E-state index in [-0.39, 0.29) is 36.5 Å². The van der Waals surface area contributed by atoms with E-state index in [1.807, 2.05) is 38.1 Å². The minimum Gasteiger partial charge on any atom is -0.493 e. The second-order valence-corrected chi connectivity index (χ2v) is 6.56. The van der Waals surface area contributed by atoms with Gasteiger partial charge in [0.05, 0.1) is 20.3 Å². The Labute approximate surface area is 176 Å². The Bertz CT molecular complexity index is 1010. The molecule has 3 aromatic rings. The minimum absolute atomic E-state index is 0. The van der Waals surface area contributed by atoms with E-state index in [1.165, 1.54) is 0 Å². The zero-order valence-electron chi connectivity index (χ0n) is 16.9. The van der Waals surface area contributed by atoms with Crippen LogP contribution in [-0.2, 0) is 6.54 Å². The van der Waals surface area contributed by atoms with E-state index < -0.39 is 0 Å². The molecule has 0 amide bonds. The fraction of sp³-hybridized carbons (Fsp3) is 0.273. The lowest BCUT2D eigenvalue weighted by molar-refractivity contribution is 0.103. The molecule has 154 valence electrons. The van der Waals surface area contributed by atoms with Gasteiger partial charge >= 0.3 is 0 Å². The quantitative estimate of drug-likeness (QED) is 0.582. The highest BCUT2D eigenvalue weighted by atomic mass is 35.5. The molecule has 0 spiro atoms. The average molecular weight is 417 g/mol. The summed E-state index contributed by atoms with van der Waals surface area (Å²) in [6.07, 6.45) is -0.118. The van der Waals surface area contributed by atoms with Gasteiger partial charge in [-0.05, 0) is 31.4 Å². The summed E-state index contributed by atoms with van der Waals surface area (Å²) >= 11 is 0. The molecule has 29 heavy (non-hydrogen) atoms. The monoisotopic (exact) mass is 416 g/mol. The molecule has 2 aromatic carbocycles. The van der Waals surface area contributed by atoms with Crippen LogP contribution in [0.25, 0.3) is 10.8 Å². The third-order valence-electron chi connectivity index (χ3n) is 4.38. The molecule has 1 heterocycles. The van der Waals surface area contributed by atoms with E-state index in [2.05, 4.69) is 4.98 Å². The number of methoxy groups -OCH3 is 2. The molecule has 0 unspecified atom stereocenters. The molecule has 3 rings (SSSR count). The van der Waals surface area contributed by atoms with Gasteiger partial charge in [-0.15, -0.1) is 12.4 Å². The van der Waals surface area contributed by atoms with Crippen LogP contribution in [0.2, 0.25) is 0 Å². The van der Waals surface area contributed by atoms with E-state index in [4.69, 9.17) is 19.9 Å². The van der Waals surface area contributed by atoms with Crippen LogP contribution < -0.4 is 19.9 Å². The third kappa shape index (κ3) is 4.44. The number of rotatable bonds is 7. The van der Waals surface area contributed by atoms with Crippen molar-refractivity contribution in [2.45, 2.75) is 26.5 Å². The average Bonchev–Trinajstić information content (AvgIpc) is 2.72. The lowest BCUT2D eigenvalue weighted by Crippen LogP contribution is -2.15. The summed E-state index contributed by atoms with van der Waals surface area (Å²) in [4.78, 5) is 17.7. The highest BCUT2D eigenvalue weighted by Crippen LogP contribution is 2.38. The number of carbonyl (C=O) groups is 1. The largest absolute Gasteiger partial charge is 0.493 e. The van der Waals surface area contributed by atoms with Crippen molar-refractivity contribution in [3.8, 4) is 17.4 Å². The van der Waals surface area contributed by atoms with Crippen molar-refractivity contribution in [3.05, 3.63) is 59.3 Å². The predicted octanol–water partition coefficient (Wildman–Crippen LogP) is 4.15. The summed E-state index contributed by atoms with van der Waals surface area (Å²) in [6, 6.07) is 12.6. The Morgan fingerprint density at radius 1 is 1.03 bits per heavy atom. The number of nitrogens with zero attached hydrogens (tertiary/aromatic N) is 1. The van der Waals surface area contributed by atoms with Gasteiger partial charge in [-0.3, -0.25) is 4.79 Å². The maximum atomic E-state index is 13.2. The van der Waals surface area contributed by atoms with Crippen molar-refractivity contribution >= 4 is 29.0 Å². The standard InChI is InChI=1S/C22H24N2O4.ClH/c1-13(2)28-22-16-11-19(27-4)18(26-3)10-15(16)17(12-23)20(24-22)21(25)14-8-6-5-7-9-14;/h5-11,13H,12,23H2,1-4H3;1H. The number of halogens is 1. The van der Waals surface area contributed by atoms with E-state index in [9.17, 15) is 4.79 Å². The second-order valence-electron chi connectivity index (χ2n) is 6.56. The Kier molecular flexibility index (Phi) is 7.42. The lowest BCUT2D eigenvalue weighted by atomic mass is 9.98. The van der Waals surface area contributed by atoms with E-state index in [1.54, 1.807) is 32.4 Å². The first-order valence-electron chi connectivity index (χ1n) is 9.05. The molecule has 0 saturated heterocycles. The molecule has 7 heteroatoms. The van der Waals surface area contributed by atoms with Crippen LogP contribution in [0.4, 0.5) is 0 Å². The lowest BCUT2D eigenvalue weighted by Gasteiger charge is -2.18. The minimum atomic E-state index is -0.202. The summed E-state index contributed by atoms with van der Waals surface area (Å²) in [6.45, 7) is 3.96. The molecular weight excluding hydrogens is 392 g/mol. The Morgan fingerprint density at radius 2 is 1.62 bits per heavy atom. The molecule has 1 aromatic heterocycles. The van der Waals surface area contributed by atoms with Crippen LogP contribution in [-0.4, -0.2) is 31.1 Å². The number of hydrogen-bond acceptors (Lipinski definition) is 6. The van der Waals surface area contributed by atoms with E-state index in [0.717, 1.165) is 10.8 Å². The van der Waals surface area contributed by atoms with Crippen molar-refractivity contribution in [3.63, 3.8) is 0 Å². The number of carbonyl (C=O) groups excluding carboxylic acids is 1. The zero-order chi connectivity index (χ0) is 20.3. The Morgan fingerprint density at radius 3 is 2.14 bits per heavy atom. The number of ketones is 1. The molecular formula is C22H25ClN2O4. The van der Waals surface area contributed by atoms with Gasteiger partial charge in [-0.25, -0.2) is 4.98 Å². The van der Waals surface area contributed by atoms with E-state index >= 15 is 0 Å². The third-order valence-corrected chi connectivity index (χ3v) is 4.38. The van der Waals surface area contributed by atoms with E-state index in [0.29, 0.717) is 28.5 Å². The van der Waals surface area contributed by atoms with Crippen LogP contribution in [0.3, 0.4) is 0 Å². The highest BCUT2D eigenvalue weighted by Gasteiger charge is 2.23. The van der Waals surface area contributed by atoms with Gasteiger partial charge in [0.25, 0.3) is 0 Å². The molecule has 6 nitrogen and oxygen atoms in total. The van der Waals surface area contributed by atoms with Gasteiger partial charge in [0, 0.05) is 23.1 Å². The van der Waals surface area contributed by atoms with Crippen molar-refractivity contribution < 1.29 is 19.0 Å². The van der Waals surface area contributed by atoms with Crippen molar-refractivity contribution in [2.75, 3.05) is 14.2 Å². The molecule has 0 saturated carbocycles. The molecule has 0 bridgehead atoms. The van der Waals surface area contributed by atoms with Crippen molar-refractivity contribution in [1.82, 2.24) is 4.98 Å². The van der Waals surface area contributed by atoms with Crippen LogP contribution in [0, 0.1) is 0 Å². The second kappa shape index (κ2) is 9.58. The molecule has 2 N–H and O–H groups in total. The predicted molar refractivity (Wildman–Crippen MR) is 116 cm³/mol. The SMILES string of the molecule is COc1cc2c(OC(C)C)nc(C(=O)c3ccccc3)c(CN)c2cc1OC.Cl. The number of nitrogens with two attached hydrogens (primary N) is 1. The van der Waals surface area contributed by atoms with Gasteiger partial charge in [0.2, 0.25) is 11.7 Å². The first-order chi connectivity index (χ1) is 13.5. The molecule has 0 atom stereocenters. The fourth-order valence-corrected chi connectivity index (χ4v) is 3.10.